The summed E-state index contributed by atoms with van der Waals surface area (Å²) in [6, 6.07) is 7.59. The van der Waals surface area contributed by atoms with Crippen molar-refractivity contribution >= 4 is 11.9 Å². The van der Waals surface area contributed by atoms with Crippen molar-refractivity contribution in [1.29, 1.82) is 0 Å². The average molecular weight is 426 g/mol. The number of hydrogen-bond acceptors (Lipinski definition) is 4. The maximum Gasteiger partial charge on any atom is 0.419 e. The molecule has 0 spiro atoms. The van der Waals surface area contributed by atoms with E-state index in [4.69, 9.17) is 9.47 Å². The largest absolute Gasteiger partial charge is 0.462 e. The third-order valence-corrected chi connectivity index (χ3v) is 4.31. The molecule has 0 radical (unpaired) electrons. The van der Waals surface area contributed by atoms with Crippen LogP contribution in [0.3, 0.4) is 0 Å². The molecule has 0 bridgehead atoms. The Kier molecular flexibility index (Phi) is 8.38. The average Bonchev–Trinajstić information content (AvgIpc) is 2.71. The molecule has 0 unspecified atom stereocenters. The molecule has 0 heterocycles. The van der Waals surface area contributed by atoms with Crippen molar-refractivity contribution in [2.24, 2.45) is 0 Å². The molecular weight excluding hydrogens is 404 g/mol. The summed E-state index contributed by atoms with van der Waals surface area (Å²) in [4.78, 5) is 24.1. The lowest BCUT2D eigenvalue weighted by Crippen LogP contribution is -2.13. The summed E-state index contributed by atoms with van der Waals surface area (Å²) in [6.07, 6.45) is 0.156. The predicted molar refractivity (Wildman–Crippen MR) is 102 cm³/mol. The van der Waals surface area contributed by atoms with Gasteiger partial charge < -0.3 is 9.47 Å². The van der Waals surface area contributed by atoms with Crippen LogP contribution in [0, 0.1) is 5.82 Å². The minimum atomic E-state index is -4.91. The number of rotatable bonds is 9. The molecule has 0 atom stereocenters. The van der Waals surface area contributed by atoms with Crippen LogP contribution in [0.1, 0.15) is 65.3 Å². The molecule has 0 aliphatic carbocycles. The molecule has 0 aliphatic rings. The van der Waals surface area contributed by atoms with E-state index in [9.17, 15) is 27.2 Å². The second kappa shape index (κ2) is 10.8. The molecule has 0 amide bonds. The zero-order valence-corrected chi connectivity index (χ0v) is 16.4. The molecule has 0 aliphatic heterocycles. The zero-order chi connectivity index (χ0) is 22.1. The minimum Gasteiger partial charge on any atom is -0.462 e. The Hall–Kier alpha value is -2.90. The zero-order valence-electron chi connectivity index (χ0n) is 16.4. The Morgan fingerprint density at radius 3 is 2.07 bits per heavy atom. The van der Waals surface area contributed by atoms with Crippen LogP contribution in [-0.2, 0) is 10.9 Å². The van der Waals surface area contributed by atoms with E-state index in [1.165, 1.54) is 24.3 Å². The Labute approximate surface area is 171 Å². The normalized spacial score (nSPS) is 11.2. The topological polar surface area (TPSA) is 52.6 Å². The highest BCUT2D eigenvalue weighted by atomic mass is 19.4. The molecule has 2 rings (SSSR count). The van der Waals surface area contributed by atoms with Gasteiger partial charge >= 0.3 is 18.1 Å². The second-order valence-electron chi connectivity index (χ2n) is 6.63. The number of ether oxygens (including phenoxy) is 2. The number of unbranched alkanes of at least 4 members (excludes halogenated alkanes) is 4. The fraction of sp³-hybridized carbons (Fsp3) is 0.364. The standard InChI is InChI=1S/C22H22F4O4/c1-2-3-4-5-6-14-29-20(27)15-10-12-16(13-11-15)21(28)30-18-9-7-8-17(19(18)23)22(24,25)26/h7-13H,2-6,14H2,1H3. The number of benzene rings is 2. The summed E-state index contributed by atoms with van der Waals surface area (Å²) in [5, 5.41) is 0. The molecule has 0 saturated heterocycles. The first-order valence-electron chi connectivity index (χ1n) is 9.59. The van der Waals surface area contributed by atoms with Gasteiger partial charge in [0, 0.05) is 0 Å². The maximum absolute atomic E-state index is 14.0. The van der Waals surface area contributed by atoms with Gasteiger partial charge in [-0.15, -0.1) is 0 Å². The predicted octanol–water partition coefficient (Wildman–Crippen LogP) is 6.19. The molecule has 2 aromatic rings. The van der Waals surface area contributed by atoms with Crippen molar-refractivity contribution in [3.63, 3.8) is 0 Å². The lowest BCUT2D eigenvalue weighted by Gasteiger charge is -2.11. The monoisotopic (exact) mass is 426 g/mol. The van der Waals surface area contributed by atoms with Crippen molar-refractivity contribution in [1.82, 2.24) is 0 Å². The smallest absolute Gasteiger partial charge is 0.419 e. The van der Waals surface area contributed by atoms with Gasteiger partial charge in [0.25, 0.3) is 0 Å². The molecule has 8 heteroatoms. The molecule has 0 aromatic heterocycles. The van der Waals surface area contributed by atoms with Gasteiger partial charge in [0.15, 0.2) is 11.6 Å². The van der Waals surface area contributed by atoms with Gasteiger partial charge in [-0.1, -0.05) is 38.7 Å². The lowest BCUT2D eigenvalue weighted by molar-refractivity contribution is -0.140. The number of carbonyl (C=O) groups is 2. The third kappa shape index (κ3) is 6.57. The first-order valence-corrected chi connectivity index (χ1v) is 9.59. The van der Waals surface area contributed by atoms with E-state index in [1.54, 1.807) is 0 Å². The maximum atomic E-state index is 14.0. The highest BCUT2D eigenvalue weighted by Gasteiger charge is 2.35. The highest BCUT2D eigenvalue weighted by Crippen LogP contribution is 2.34. The number of hydrogen-bond donors (Lipinski definition) is 0. The SMILES string of the molecule is CCCCCCCOC(=O)c1ccc(C(=O)Oc2cccc(C(F)(F)F)c2F)cc1. The molecule has 162 valence electrons. The van der Waals surface area contributed by atoms with Crippen molar-refractivity contribution in [3.05, 3.63) is 65.0 Å². The van der Waals surface area contributed by atoms with Gasteiger partial charge in [0.05, 0.1) is 23.3 Å². The summed E-state index contributed by atoms with van der Waals surface area (Å²) in [7, 11) is 0. The molecule has 30 heavy (non-hydrogen) atoms. The summed E-state index contributed by atoms with van der Waals surface area (Å²) in [5.74, 6) is -4.10. The van der Waals surface area contributed by atoms with Crippen molar-refractivity contribution in [2.45, 2.75) is 45.2 Å². The lowest BCUT2D eigenvalue weighted by atomic mass is 10.1. The van der Waals surface area contributed by atoms with Gasteiger partial charge in [-0.05, 0) is 42.8 Å². The number of carbonyl (C=O) groups excluding carboxylic acids is 2. The summed E-state index contributed by atoms with van der Waals surface area (Å²) in [5.41, 5.74) is -1.37. The molecule has 0 fully saturated rings. The van der Waals surface area contributed by atoms with Gasteiger partial charge in [0.2, 0.25) is 0 Å². The first kappa shape index (κ1) is 23.4. The van der Waals surface area contributed by atoms with Crippen molar-refractivity contribution in [3.8, 4) is 5.75 Å². The van der Waals surface area contributed by atoms with Crippen LogP contribution in [0.25, 0.3) is 0 Å². The van der Waals surface area contributed by atoms with Crippen molar-refractivity contribution < 1.29 is 36.6 Å². The minimum absolute atomic E-state index is 0.0528. The Balaban J connectivity index is 1.95. The molecule has 4 nitrogen and oxygen atoms in total. The van der Waals surface area contributed by atoms with E-state index in [2.05, 4.69) is 6.92 Å². The van der Waals surface area contributed by atoms with E-state index in [-0.39, 0.29) is 11.1 Å². The Bertz CT molecular complexity index is 860. The fourth-order valence-electron chi connectivity index (χ4n) is 2.66. The van der Waals surface area contributed by atoms with Crippen molar-refractivity contribution in [2.75, 3.05) is 6.61 Å². The van der Waals surface area contributed by atoms with Gasteiger partial charge in [0.1, 0.15) is 0 Å². The van der Waals surface area contributed by atoms with Crippen LogP contribution in [0.5, 0.6) is 5.75 Å². The summed E-state index contributed by atoms with van der Waals surface area (Å²) >= 11 is 0. The molecular formula is C22H22F4O4. The summed E-state index contributed by atoms with van der Waals surface area (Å²) in [6.45, 7) is 2.40. The number of halogens is 4. The second-order valence-corrected chi connectivity index (χ2v) is 6.63. The van der Waals surface area contributed by atoms with E-state index in [0.717, 1.165) is 44.2 Å². The molecule has 0 N–H and O–H groups in total. The van der Waals surface area contributed by atoms with Crippen LogP contribution >= 0.6 is 0 Å². The van der Waals surface area contributed by atoms with E-state index < -0.39 is 35.2 Å². The molecule has 2 aromatic carbocycles. The summed E-state index contributed by atoms with van der Waals surface area (Å²) < 4.78 is 62.1. The molecule has 0 saturated carbocycles. The van der Waals surface area contributed by atoms with Crippen LogP contribution in [-0.4, -0.2) is 18.5 Å². The number of alkyl halides is 3. The number of esters is 2. The third-order valence-electron chi connectivity index (χ3n) is 4.31. The fourth-order valence-corrected chi connectivity index (χ4v) is 2.66. The van der Waals surface area contributed by atoms with Gasteiger partial charge in [-0.2, -0.15) is 13.2 Å². The van der Waals surface area contributed by atoms with Gasteiger partial charge in [-0.25, -0.2) is 14.0 Å². The first-order chi connectivity index (χ1) is 14.2. The van der Waals surface area contributed by atoms with Crippen LogP contribution in [0.4, 0.5) is 17.6 Å². The van der Waals surface area contributed by atoms with E-state index in [1.807, 2.05) is 0 Å². The quantitative estimate of drug-likeness (QED) is 0.208. The van der Waals surface area contributed by atoms with Crippen LogP contribution in [0.2, 0.25) is 0 Å². The Morgan fingerprint density at radius 1 is 0.867 bits per heavy atom. The van der Waals surface area contributed by atoms with Gasteiger partial charge in [-0.3, -0.25) is 0 Å². The van der Waals surface area contributed by atoms with Crippen LogP contribution in [0.15, 0.2) is 42.5 Å². The van der Waals surface area contributed by atoms with E-state index >= 15 is 0 Å². The Morgan fingerprint density at radius 2 is 1.47 bits per heavy atom. The highest BCUT2D eigenvalue weighted by molar-refractivity contribution is 5.94. The van der Waals surface area contributed by atoms with Crippen LogP contribution < -0.4 is 4.74 Å². The van der Waals surface area contributed by atoms with E-state index in [0.29, 0.717) is 12.7 Å².